The number of halogens is 1. The molecule has 0 aromatic heterocycles. The molecule has 0 aliphatic rings. The summed E-state index contributed by atoms with van der Waals surface area (Å²) in [7, 11) is 0. The van der Waals surface area contributed by atoms with Gasteiger partial charge < -0.3 is 21.5 Å². The summed E-state index contributed by atoms with van der Waals surface area (Å²) in [6, 6.07) is 16.6. The van der Waals surface area contributed by atoms with Gasteiger partial charge in [-0.1, -0.05) is 18.2 Å². The quantitative estimate of drug-likeness (QED) is 0.557. The number of carbonyl (C=O) groups excluding carboxylic acids is 3. The van der Waals surface area contributed by atoms with Crippen molar-refractivity contribution in [2.45, 2.75) is 6.04 Å². The van der Waals surface area contributed by atoms with E-state index < -0.39 is 29.6 Å². The molecule has 3 amide bonds. The van der Waals surface area contributed by atoms with Gasteiger partial charge in [0.1, 0.15) is 23.4 Å². The van der Waals surface area contributed by atoms with Crippen LogP contribution in [0.1, 0.15) is 32.3 Å². The molecule has 0 aliphatic heterocycles. The molecule has 0 saturated heterocycles. The van der Waals surface area contributed by atoms with E-state index >= 15 is 0 Å². The maximum absolute atomic E-state index is 14.0. The summed E-state index contributed by atoms with van der Waals surface area (Å²) in [5, 5.41) is 2.44. The number of nitrogens with one attached hydrogen (secondary N) is 1. The van der Waals surface area contributed by atoms with Crippen LogP contribution >= 0.6 is 0 Å². The fourth-order valence-corrected chi connectivity index (χ4v) is 2.72. The van der Waals surface area contributed by atoms with E-state index in [1.54, 1.807) is 30.3 Å². The third kappa shape index (κ3) is 4.79. The summed E-state index contributed by atoms with van der Waals surface area (Å²) < 4.78 is 19.6. The summed E-state index contributed by atoms with van der Waals surface area (Å²) in [4.78, 5) is 35.3. The fraction of sp³-hybridized carbons (Fsp3) is 0.0455. The largest absolute Gasteiger partial charge is 0.457 e. The number of rotatable bonds is 7. The standard InChI is InChI=1S/C22H18FN3O4/c23-18-4-2-1-3-17(18)19(21(25)28)26-22(29)14-7-11-16(12-8-14)30-15-9-5-13(6-10-15)20(24)27/h1-12,19H,(H2,24,27)(H2,25,28)(H,26,29). The lowest BCUT2D eigenvalue weighted by atomic mass is 10.0. The van der Waals surface area contributed by atoms with Crippen molar-refractivity contribution in [2.75, 3.05) is 0 Å². The second kappa shape index (κ2) is 8.87. The first-order valence-corrected chi connectivity index (χ1v) is 8.87. The number of hydrogen-bond donors (Lipinski definition) is 3. The Kier molecular flexibility index (Phi) is 6.07. The average molecular weight is 407 g/mol. The van der Waals surface area contributed by atoms with Gasteiger partial charge in [-0.25, -0.2) is 4.39 Å². The van der Waals surface area contributed by atoms with Crippen LogP contribution < -0.4 is 21.5 Å². The Bertz CT molecular complexity index is 1080. The zero-order chi connectivity index (χ0) is 21.7. The lowest BCUT2D eigenvalue weighted by Crippen LogP contribution is -2.38. The third-order valence-corrected chi connectivity index (χ3v) is 4.27. The molecule has 5 N–H and O–H groups in total. The van der Waals surface area contributed by atoms with Gasteiger partial charge in [-0.15, -0.1) is 0 Å². The molecule has 0 radical (unpaired) electrons. The number of carbonyl (C=O) groups is 3. The summed E-state index contributed by atoms with van der Waals surface area (Å²) in [5.41, 5.74) is 11.1. The minimum Gasteiger partial charge on any atom is -0.457 e. The Balaban J connectivity index is 1.70. The molecule has 152 valence electrons. The molecule has 1 atom stereocenters. The maximum atomic E-state index is 14.0. The molecule has 0 spiro atoms. The van der Waals surface area contributed by atoms with E-state index in [1.165, 1.54) is 42.5 Å². The predicted molar refractivity (Wildman–Crippen MR) is 107 cm³/mol. The highest BCUT2D eigenvalue weighted by Gasteiger charge is 2.23. The molecule has 7 nitrogen and oxygen atoms in total. The zero-order valence-electron chi connectivity index (χ0n) is 15.7. The number of ether oxygens (including phenoxy) is 1. The van der Waals surface area contributed by atoms with Gasteiger partial charge in [0.05, 0.1) is 0 Å². The lowest BCUT2D eigenvalue weighted by molar-refractivity contribution is -0.120. The fourth-order valence-electron chi connectivity index (χ4n) is 2.72. The van der Waals surface area contributed by atoms with Crippen LogP contribution in [0.2, 0.25) is 0 Å². The Hall–Kier alpha value is -4.20. The molecule has 0 saturated carbocycles. The Morgan fingerprint density at radius 1 is 0.800 bits per heavy atom. The Morgan fingerprint density at radius 3 is 1.83 bits per heavy atom. The number of primary amides is 2. The van der Waals surface area contributed by atoms with Crippen LogP contribution in [0.25, 0.3) is 0 Å². The van der Waals surface area contributed by atoms with Crippen molar-refractivity contribution in [1.82, 2.24) is 5.32 Å². The van der Waals surface area contributed by atoms with Crippen molar-refractivity contribution in [3.63, 3.8) is 0 Å². The second-order valence-corrected chi connectivity index (χ2v) is 6.35. The Labute approximate surface area is 171 Å². The summed E-state index contributed by atoms with van der Waals surface area (Å²) >= 11 is 0. The monoisotopic (exact) mass is 407 g/mol. The first-order valence-electron chi connectivity index (χ1n) is 8.87. The van der Waals surface area contributed by atoms with E-state index in [0.717, 1.165) is 0 Å². The van der Waals surface area contributed by atoms with Crippen molar-refractivity contribution in [3.05, 3.63) is 95.3 Å². The van der Waals surface area contributed by atoms with Crippen LogP contribution in [0.4, 0.5) is 4.39 Å². The van der Waals surface area contributed by atoms with Crippen LogP contribution in [0, 0.1) is 5.82 Å². The van der Waals surface area contributed by atoms with Crippen molar-refractivity contribution < 1.29 is 23.5 Å². The van der Waals surface area contributed by atoms with E-state index in [9.17, 15) is 18.8 Å². The van der Waals surface area contributed by atoms with Gasteiger partial charge in [0, 0.05) is 16.7 Å². The highest BCUT2D eigenvalue weighted by atomic mass is 19.1. The zero-order valence-corrected chi connectivity index (χ0v) is 15.7. The summed E-state index contributed by atoms with van der Waals surface area (Å²) in [6.07, 6.45) is 0. The average Bonchev–Trinajstić information content (AvgIpc) is 2.73. The highest BCUT2D eigenvalue weighted by Crippen LogP contribution is 2.23. The number of hydrogen-bond acceptors (Lipinski definition) is 4. The van der Waals surface area contributed by atoms with Gasteiger partial charge in [-0.2, -0.15) is 0 Å². The van der Waals surface area contributed by atoms with Crippen LogP contribution in [0.3, 0.4) is 0 Å². The number of amides is 3. The van der Waals surface area contributed by atoms with E-state index in [4.69, 9.17) is 16.2 Å². The molecule has 3 aromatic carbocycles. The highest BCUT2D eigenvalue weighted by molar-refractivity contribution is 5.97. The molecule has 3 aromatic rings. The van der Waals surface area contributed by atoms with E-state index in [0.29, 0.717) is 17.1 Å². The number of benzene rings is 3. The molecular formula is C22H18FN3O4. The predicted octanol–water partition coefficient (Wildman–Crippen LogP) is 2.67. The molecule has 0 heterocycles. The molecule has 8 heteroatoms. The normalized spacial score (nSPS) is 11.4. The second-order valence-electron chi connectivity index (χ2n) is 6.35. The topological polar surface area (TPSA) is 125 Å². The van der Waals surface area contributed by atoms with Crippen molar-refractivity contribution >= 4 is 17.7 Å². The van der Waals surface area contributed by atoms with Gasteiger partial charge in [-0.3, -0.25) is 14.4 Å². The van der Waals surface area contributed by atoms with Gasteiger partial charge in [-0.05, 0) is 54.6 Å². The van der Waals surface area contributed by atoms with Crippen LogP contribution in [0.15, 0.2) is 72.8 Å². The minimum atomic E-state index is -1.31. The SMILES string of the molecule is NC(=O)c1ccc(Oc2ccc(C(=O)NC(C(N)=O)c3ccccc3F)cc2)cc1. The lowest BCUT2D eigenvalue weighted by Gasteiger charge is -2.16. The summed E-state index contributed by atoms with van der Waals surface area (Å²) in [6.45, 7) is 0. The van der Waals surface area contributed by atoms with E-state index in [2.05, 4.69) is 5.32 Å². The first kappa shape index (κ1) is 20.5. The molecule has 0 fully saturated rings. The first-order chi connectivity index (χ1) is 14.3. The van der Waals surface area contributed by atoms with Crippen molar-refractivity contribution in [1.29, 1.82) is 0 Å². The minimum absolute atomic E-state index is 0.0160. The molecular weight excluding hydrogens is 389 g/mol. The molecule has 1 unspecified atom stereocenters. The van der Waals surface area contributed by atoms with Gasteiger partial charge in [0.2, 0.25) is 11.8 Å². The van der Waals surface area contributed by atoms with Crippen molar-refractivity contribution in [2.24, 2.45) is 11.5 Å². The molecule has 30 heavy (non-hydrogen) atoms. The van der Waals surface area contributed by atoms with Crippen LogP contribution in [0.5, 0.6) is 11.5 Å². The van der Waals surface area contributed by atoms with Gasteiger partial charge >= 0.3 is 0 Å². The van der Waals surface area contributed by atoms with Crippen LogP contribution in [-0.2, 0) is 4.79 Å². The molecule has 3 rings (SSSR count). The molecule has 0 aliphatic carbocycles. The Morgan fingerprint density at radius 2 is 1.33 bits per heavy atom. The molecule has 0 bridgehead atoms. The van der Waals surface area contributed by atoms with Crippen LogP contribution in [-0.4, -0.2) is 17.7 Å². The third-order valence-electron chi connectivity index (χ3n) is 4.27. The van der Waals surface area contributed by atoms with Gasteiger partial charge in [0.15, 0.2) is 0 Å². The van der Waals surface area contributed by atoms with E-state index in [-0.39, 0.29) is 11.1 Å². The smallest absolute Gasteiger partial charge is 0.252 e. The van der Waals surface area contributed by atoms with Gasteiger partial charge in [0.25, 0.3) is 5.91 Å². The maximum Gasteiger partial charge on any atom is 0.252 e. The summed E-state index contributed by atoms with van der Waals surface area (Å²) in [5.74, 6) is -1.74. The van der Waals surface area contributed by atoms with Crippen molar-refractivity contribution in [3.8, 4) is 11.5 Å². The van der Waals surface area contributed by atoms with E-state index in [1.807, 2.05) is 0 Å². The number of nitrogens with two attached hydrogens (primary N) is 2.